The molecule has 0 aliphatic heterocycles. The maximum atomic E-state index is 10.4. The summed E-state index contributed by atoms with van der Waals surface area (Å²) < 4.78 is 2.21. The van der Waals surface area contributed by atoms with Crippen LogP contribution in [0.1, 0.15) is 30.3 Å². The van der Waals surface area contributed by atoms with Crippen LogP contribution >= 0.6 is 0 Å². The van der Waals surface area contributed by atoms with Crippen molar-refractivity contribution in [1.29, 1.82) is 0 Å². The Labute approximate surface area is 84.4 Å². The van der Waals surface area contributed by atoms with Crippen molar-refractivity contribution in [1.82, 2.24) is 4.57 Å². The fourth-order valence-corrected chi connectivity index (χ4v) is 1.85. The summed E-state index contributed by atoms with van der Waals surface area (Å²) in [5.41, 5.74) is 3.57. The predicted octanol–water partition coefficient (Wildman–Crippen LogP) is 2.14. The van der Waals surface area contributed by atoms with Gasteiger partial charge in [0.15, 0.2) is 0 Å². The maximum Gasteiger partial charge on any atom is 0.303 e. The van der Waals surface area contributed by atoms with Crippen LogP contribution in [0, 0.1) is 13.8 Å². The zero-order valence-electron chi connectivity index (χ0n) is 9.00. The SMILES string of the molecule is CCn1c(C)cc(CCC(=O)O)c1C. The highest BCUT2D eigenvalue weighted by Crippen LogP contribution is 2.16. The molecular weight excluding hydrogens is 178 g/mol. The molecule has 0 bridgehead atoms. The number of carboxylic acids is 1. The van der Waals surface area contributed by atoms with Gasteiger partial charge < -0.3 is 9.67 Å². The van der Waals surface area contributed by atoms with E-state index in [9.17, 15) is 4.79 Å². The van der Waals surface area contributed by atoms with Gasteiger partial charge in [0.1, 0.15) is 0 Å². The van der Waals surface area contributed by atoms with E-state index in [1.54, 1.807) is 0 Å². The zero-order chi connectivity index (χ0) is 10.7. The summed E-state index contributed by atoms with van der Waals surface area (Å²) >= 11 is 0. The minimum absolute atomic E-state index is 0.216. The quantitative estimate of drug-likeness (QED) is 0.799. The van der Waals surface area contributed by atoms with Crippen LogP contribution in [-0.4, -0.2) is 15.6 Å². The molecule has 78 valence electrons. The molecule has 3 nitrogen and oxygen atoms in total. The second kappa shape index (κ2) is 4.31. The van der Waals surface area contributed by atoms with Crippen LogP contribution in [0.2, 0.25) is 0 Å². The first-order valence-corrected chi connectivity index (χ1v) is 4.93. The summed E-state index contributed by atoms with van der Waals surface area (Å²) in [5, 5.41) is 8.59. The number of nitrogens with zero attached hydrogens (tertiary/aromatic N) is 1. The minimum Gasteiger partial charge on any atom is -0.481 e. The summed E-state index contributed by atoms with van der Waals surface area (Å²) in [7, 11) is 0. The molecule has 0 aliphatic rings. The monoisotopic (exact) mass is 195 g/mol. The molecule has 0 aliphatic carbocycles. The molecule has 0 amide bonds. The third-order valence-corrected chi connectivity index (χ3v) is 2.60. The van der Waals surface area contributed by atoms with Crippen molar-refractivity contribution < 1.29 is 9.90 Å². The van der Waals surface area contributed by atoms with Gasteiger partial charge in [-0.1, -0.05) is 0 Å². The van der Waals surface area contributed by atoms with E-state index in [1.165, 1.54) is 11.4 Å². The first-order valence-electron chi connectivity index (χ1n) is 4.93. The molecule has 0 atom stereocenters. The van der Waals surface area contributed by atoms with Crippen LogP contribution in [0.25, 0.3) is 0 Å². The van der Waals surface area contributed by atoms with Gasteiger partial charge >= 0.3 is 5.97 Å². The molecule has 1 N–H and O–H groups in total. The van der Waals surface area contributed by atoms with Crippen LogP contribution < -0.4 is 0 Å². The molecule has 1 aromatic heterocycles. The molecule has 3 heteroatoms. The summed E-state index contributed by atoms with van der Waals surface area (Å²) in [6.07, 6.45) is 0.850. The van der Waals surface area contributed by atoms with Crippen molar-refractivity contribution in [3.8, 4) is 0 Å². The van der Waals surface area contributed by atoms with Gasteiger partial charge in [-0.05, 0) is 38.8 Å². The Morgan fingerprint density at radius 3 is 2.57 bits per heavy atom. The van der Waals surface area contributed by atoms with E-state index in [2.05, 4.69) is 24.5 Å². The van der Waals surface area contributed by atoms with Crippen LogP contribution in [0.4, 0.5) is 0 Å². The van der Waals surface area contributed by atoms with Crippen molar-refractivity contribution in [2.45, 2.75) is 40.2 Å². The van der Waals surface area contributed by atoms with Crippen molar-refractivity contribution >= 4 is 5.97 Å². The second-order valence-electron chi connectivity index (χ2n) is 3.53. The first kappa shape index (κ1) is 10.8. The highest BCUT2D eigenvalue weighted by molar-refractivity contribution is 5.67. The Morgan fingerprint density at radius 1 is 1.50 bits per heavy atom. The molecule has 1 aromatic rings. The molecule has 14 heavy (non-hydrogen) atoms. The van der Waals surface area contributed by atoms with E-state index in [-0.39, 0.29) is 6.42 Å². The van der Waals surface area contributed by atoms with E-state index in [0.29, 0.717) is 6.42 Å². The van der Waals surface area contributed by atoms with Gasteiger partial charge in [-0.3, -0.25) is 4.79 Å². The third kappa shape index (κ3) is 2.16. The molecule has 0 saturated heterocycles. The van der Waals surface area contributed by atoms with Gasteiger partial charge in [0.2, 0.25) is 0 Å². The second-order valence-corrected chi connectivity index (χ2v) is 3.53. The average molecular weight is 195 g/mol. The largest absolute Gasteiger partial charge is 0.481 e. The average Bonchev–Trinajstić information content (AvgIpc) is 2.38. The smallest absolute Gasteiger partial charge is 0.303 e. The Morgan fingerprint density at radius 2 is 2.14 bits per heavy atom. The van der Waals surface area contributed by atoms with Gasteiger partial charge in [-0.15, -0.1) is 0 Å². The number of carboxylic acid groups (broad SMARTS) is 1. The normalized spacial score (nSPS) is 10.5. The maximum absolute atomic E-state index is 10.4. The topological polar surface area (TPSA) is 42.2 Å². The number of hydrogen-bond donors (Lipinski definition) is 1. The summed E-state index contributed by atoms with van der Waals surface area (Å²) in [4.78, 5) is 10.4. The molecule has 1 heterocycles. The molecule has 0 saturated carbocycles. The lowest BCUT2D eigenvalue weighted by atomic mass is 10.1. The number of aliphatic carboxylic acids is 1. The lowest BCUT2D eigenvalue weighted by Crippen LogP contribution is -2.01. The molecule has 1 rings (SSSR count). The highest BCUT2D eigenvalue weighted by atomic mass is 16.4. The van der Waals surface area contributed by atoms with E-state index in [4.69, 9.17) is 5.11 Å². The fraction of sp³-hybridized carbons (Fsp3) is 0.545. The van der Waals surface area contributed by atoms with Crippen molar-refractivity contribution in [3.63, 3.8) is 0 Å². The third-order valence-electron chi connectivity index (χ3n) is 2.60. The Bertz CT molecular complexity index is 339. The predicted molar refractivity (Wildman–Crippen MR) is 55.5 cm³/mol. The number of carbonyl (C=O) groups is 1. The van der Waals surface area contributed by atoms with Crippen LogP contribution in [0.5, 0.6) is 0 Å². The first-order chi connectivity index (χ1) is 6.56. The standard InChI is InChI=1S/C11H17NO2/c1-4-12-8(2)7-10(9(12)3)5-6-11(13)14/h7H,4-6H2,1-3H3,(H,13,14). The lowest BCUT2D eigenvalue weighted by molar-refractivity contribution is -0.136. The van der Waals surface area contributed by atoms with Crippen molar-refractivity contribution in [2.24, 2.45) is 0 Å². The van der Waals surface area contributed by atoms with E-state index in [1.807, 2.05) is 6.92 Å². The number of rotatable bonds is 4. The van der Waals surface area contributed by atoms with Gasteiger partial charge in [0, 0.05) is 24.4 Å². The van der Waals surface area contributed by atoms with Gasteiger partial charge in [-0.2, -0.15) is 0 Å². The van der Waals surface area contributed by atoms with Crippen LogP contribution in [-0.2, 0) is 17.8 Å². The summed E-state index contributed by atoms with van der Waals surface area (Å²) in [6, 6.07) is 2.09. The molecule has 0 fully saturated rings. The Kier molecular flexibility index (Phi) is 3.33. The van der Waals surface area contributed by atoms with Crippen LogP contribution in [0.3, 0.4) is 0 Å². The lowest BCUT2D eigenvalue weighted by Gasteiger charge is -2.05. The molecule has 0 unspecified atom stereocenters. The molecule has 0 aromatic carbocycles. The van der Waals surface area contributed by atoms with E-state index < -0.39 is 5.97 Å². The molecular formula is C11H17NO2. The summed E-state index contributed by atoms with van der Waals surface area (Å²) in [5.74, 6) is -0.730. The van der Waals surface area contributed by atoms with Gasteiger partial charge in [0.05, 0.1) is 0 Å². The minimum atomic E-state index is -0.730. The fourth-order valence-electron chi connectivity index (χ4n) is 1.85. The number of hydrogen-bond acceptors (Lipinski definition) is 1. The zero-order valence-corrected chi connectivity index (χ0v) is 9.00. The molecule has 0 radical (unpaired) electrons. The Balaban J connectivity index is 2.83. The summed E-state index contributed by atoms with van der Waals surface area (Å²) in [6.45, 7) is 7.15. The van der Waals surface area contributed by atoms with Crippen molar-refractivity contribution in [2.75, 3.05) is 0 Å². The number of aryl methyl sites for hydroxylation is 2. The molecule has 0 spiro atoms. The van der Waals surface area contributed by atoms with E-state index >= 15 is 0 Å². The van der Waals surface area contributed by atoms with Crippen molar-refractivity contribution in [3.05, 3.63) is 23.0 Å². The Hall–Kier alpha value is -1.25. The van der Waals surface area contributed by atoms with Gasteiger partial charge in [-0.25, -0.2) is 0 Å². The van der Waals surface area contributed by atoms with Gasteiger partial charge in [0.25, 0.3) is 0 Å². The number of aromatic nitrogens is 1. The highest BCUT2D eigenvalue weighted by Gasteiger charge is 2.08. The van der Waals surface area contributed by atoms with E-state index in [0.717, 1.165) is 12.1 Å². The van der Waals surface area contributed by atoms with Crippen LogP contribution in [0.15, 0.2) is 6.07 Å².